The summed E-state index contributed by atoms with van der Waals surface area (Å²) >= 11 is -6.62. The molecule has 0 N–H and O–H groups in total. The first-order chi connectivity index (χ1) is 8.03. The van der Waals surface area contributed by atoms with Crippen LogP contribution in [0.2, 0.25) is 0 Å². The Balaban J connectivity index is 4.05. The predicted octanol–water partition coefficient (Wildman–Crippen LogP) is -0.512. The Morgan fingerprint density at radius 1 is 0.647 bits per heavy atom. The van der Waals surface area contributed by atoms with E-state index in [1.54, 1.807) is 6.07 Å². The van der Waals surface area contributed by atoms with Gasteiger partial charge < -0.3 is 0 Å². The molecule has 5 nitrogen and oxygen atoms in total. The molecule has 0 fully saturated rings. The van der Waals surface area contributed by atoms with Crippen LogP contribution in [0.15, 0.2) is 30.3 Å². The summed E-state index contributed by atoms with van der Waals surface area (Å²) in [7, 11) is 0. The van der Waals surface area contributed by atoms with E-state index in [1.807, 2.05) is 0 Å². The van der Waals surface area contributed by atoms with Crippen molar-refractivity contribution in [1.29, 1.82) is 0 Å². The van der Waals surface area contributed by atoms with E-state index in [4.69, 9.17) is 0 Å². The molecule has 0 aliphatic heterocycles. The monoisotopic (exact) mass is 406 g/mol. The van der Waals surface area contributed by atoms with E-state index in [1.165, 1.54) is 24.3 Å². The topological polar surface area (TPSA) is 85.3 Å². The van der Waals surface area contributed by atoms with Crippen molar-refractivity contribution in [2.75, 3.05) is 0 Å². The van der Waals surface area contributed by atoms with Gasteiger partial charge in [0.15, 0.2) is 0 Å². The summed E-state index contributed by atoms with van der Waals surface area (Å²) in [6.07, 6.45) is 0. The minimum atomic E-state index is -6.62. The average molecular weight is 406 g/mol. The zero-order valence-electron chi connectivity index (χ0n) is 8.72. The zero-order valence-corrected chi connectivity index (χ0v) is 11.7. The molecule has 0 radical (unpaired) electrons. The van der Waals surface area contributed by atoms with Crippen LogP contribution < -0.4 is 3.95 Å². The molecule has 6 heteroatoms. The first-order valence-electron chi connectivity index (χ1n) is 4.47. The first kappa shape index (κ1) is 13.3. The predicted molar refractivity (Wildman–Crippen MR) is 59.8 cm³/mol. The molecule has 0 spiro atoms. The third-order valence-corrected chi connectivity index (χ3v) is 18.4. The van der Waals surface area contributed by atoms with Crippen LogP contribution in [0, 0.1) is 0 Å². The van der Waals surface area contributed by atoms with Crippen LogP contribution in [0.4, 0.5) is 0 Å². The van der Waals surface area contributed by atoms with Gasteiger partial charge in [-0.3, -0.25) is 0 Å². The Kier molecular flexibility index (Phi) is 2.85. The van der Waals surface area contributed by atoms with Crippen molar-refractivity contribution in [1.82, 2.24) is 0 Å². The summed E-state index contributed by atoms with van der Waals surface area (Å²) in [4.78, 5) is 56.8. The van der Waals surface area contributed by atoms with Gasteiger partial charge in [0.05, 0.1) is 0 Å². The fourth-order valence-electron chi connectivity index (χ4n) is 1.32. The number of carbonyl (C=O) groups is 5. The Morgan fingerprint density at radius 2 is 1.00 bits per heavy atom. The molecular weight excluding hydrogens is 396 g/mol. The number of hydrogen-bond acceptors (Lipinski definition) is 5. The molecular formula is C11H10O5W. The summed E-state index contributed by atoms with van der Waals surface area (Å²) in [5.74, 6) is 0. The maximum atomic E-state index is 11.4. The molecule has 0 heterocycles. The van der Waals surface area contributed by atoms with Gasteiger partial charge in [-0.15, -0.1) is 0 Å². The van der Waals surface area contributed by atoms with Gasteiger partial charge in [-0.25, -0.2) is 0 Å². The van der Waals surface area contributed by atoms with Crippen LogP contribution in [0.5, 0.6) is 0 Å². The summed E-state index contributed by atoms with van der Waals surface area (Å²) in [6.45, 7) is 0. The van der Waals surface area contributed by atoms with Gasteiger partial charge >= 0.3 is 95.2 Å². The molecule has 0 aliphatic carbocycles. The van der Waals surface area contributed by atoms with Crippen LogP contribution in [0.1, 0.15) is 0 Å². The minimum absolute atomic E-state index is 0.0324. The molecule has 0 saturated carbocycles. The van der Waals surface area contributed by atoms with E-state index in [0.717, 1.165) is 0 Å². The van der Waals surface area contributed by atoms with E-state index in [-0.39, 0.29) is 27.3 Å². The van der Waals surface area contributed by atoms with Crippen molar-refractivity contribution in [2.24, 2.45) is 0 Å². The van der Waals surface area contributed by atoms with Crippen molar-refractivity contribution in [3.05, 3.63) is 30.3 Å². The van der Waals surface area contributed by atoms with Gasteiger partial charge in [0.1, 0.15) is 0 Å². The Hall–Kier alpha value is -1.74. The molecule has 90 valence electrons. The van der Waals surface area contributed by atoms with E-state index < -0.39 is 13.6 Å². The molecule has 1 rings (SSSR count). The van der Waals surface area contributed by atoms with Crippen molar-refractivity contribution < 1.29 is 37.5 Å². The molecule has 1 aromatic rings. The van der Waals surface area contributed by atoms with Gasteiger partial charge in [-0.1, -0.05) is 0 Å². The van der Waals surface area contributed by atoms with Crippen LogP contribution in [-0.4, -0.2) is 23.4 Å². The second-order valence-corrected chi connectivity index (χ2v) is 22.9. The van der Waals surface area contributed by atoms with Gasteiger partial charge in [-0.05, 0) is 0 Å². The fourth-order valence-corrected chi connectivity index (χ4v) is 8.33. The van der Waals surface area contributed by atoms with E-state index >= 15 is 0 Å². The zero-order chi connectivity index (χ0) is 13.1. The number of hydrogen-bond donors (Lipinski definition) is 0. The molecule has 0 saturated heterocycles. The molecule has 1 aromatic carbocycles. The van der Waals surface area contributed by atoms with Crippen LogP contribution in [0.25, 0.3) is 0 Å². The number of rotatable bonds is 6. The van der Waals surface area contributed by atoms with Gasteiger partial charge in [0, 0.05) is 0 Å². The molecule has 0 atom stereocenters. The summed E-state index contributed by atoms with van der Waals surface area (Å²) in [5.41, 5.74) is 0. The molecule has 17 heavy (non-hydrogen) atoms. The maximum absolute atomic E-state index is 11.4. The summed E-state index contributed by atoms with van der Waals surface area (Å²) in [6, 6.07) is 7.03. The quantitative estimate of drug-likeness (QED) is 0.595. The molecule has 0 unspecified atom stereocenters. The standard InChI is InChI=1S/C6H5.5CHO.W/c1-2-4-6-5-3-1;5*1-2;/h1-5H;5*1H;. The fraction of sp³-hybridized carbons (Fsp3) is 0. The van der Waals surface area contributed by atoms with Crippen molar-refractivity contribution >= 4 is 27.3 Å². The van der Waals surface area contributed by atoms with Crippen molar-refractivity contribution in [3.8, 4) is 0 Å². The Labute approximate surface area is 95.3 Å². The summed E-state index contributed by atoms with van der Waals surface area (Å²) < 4.78 is -0.262. The third-order valence-electron chi connectivity index (χ3n) is 2.78. The van der Waals surface area contributed by atoms with Crippen LogP contribution in [-0.2, 0) is 37.5 Å². The van der Waals surface area contributed by atoms with Crippen LogP contribution >= 0.6 is 0 Å². The second-order valence-electron chi connectivity index (χ2n) is 3.74. The van der Waals surface area contributed by atoms with Gasteiger partial charge in [0.2, 0.25) is 0 Å². The second kappa shape index (κ2) is 3.64. The Bertz CT molecular complexity index is 448. The van der Waals surface area contributed by atoms with Gasteiger partial charge in [0.25, 0.3) is 0 Å². The van der Waals surface area contributed by atoms with E-state index in [0.29, 0.717) is 0 Å². The SMILES string of the molecule is O=[CH][W]([CH]=O)([CH]=O)([CH]=O)([CH]=O)[c]1ccccc1. The molecule has 0 aliphatic rings. The van der Waals surface area contributed by atoms with Crippen molar-refractivity contribution in [2.45, 2.75) is 0 Å². The Morgan fingerprint density at radius 3 is 1.29 bits per heavy atom. The van der Waals surface area contributed by atoms with Gasteiger partial charge in [-0.2, -0.15) is 0 Å². The molecule has 0 bridgehead atoms. The van der Waals surface area contributed by atoms with Crippen molar-refractivity contribution in [3.63, 3.8) is 0 Å². The molecule has 0 amide bonds. The summed E-state index contributed by atoms with van der Waals surface area (Å²) in [5, 5.41) is 0. The van der Waals surface area contributed by atoms with E-state index in [9.17, 15) is 24.0 Å². The van der Waals surface area contributed by atoms with E-state index in [2.05, 4.69) is 0 Å². The molecule has 0 aromatic heterocycles. The van der Waals surface area contributed by atoms with Crippen LogP contribution in [0.3, 0.4) is 0 Å². The number of carbonyl (C=O) groups excluding carboxylic acids is 5. The normalized spacial score (nSPS) is 14.8. The third kappa shape index (κ3) is 1.26. The first-order valence-corrected chi connectivity index (χ1v) is 14.4. The average Bonchev–Trinajstić information content (AvgIpc) is 2.46. The number of benzene rings is 1.